The van der Waals surface area contributed by atoms with Gasteiger partial charge in [-0.2, -0.15) is 0 Å². The molecule has 0 atom stereocenters. The molecule has 0 aliphatic carbocycles. The van der Waals surface area contributed by atoms with E-state index in [9.17, 15) is 0 Å². The third kappa shape index (κ3) is 5.42. The molecule has 1 aliphatic rings. The van der Waals surface area contributed by atoms with Gasteiger partial charge >= 0.3 is 0 Å². The van der Waals surface area contributed by atoms with Crippen molar-refractivity contribution in [2.45, 2.75) is 25.8 Å². The summed E-state index contributed by atoms with van der Waals surface area (Å²) in [5.74, 6) is 0. The van der Waals surface area contributed by atoms with Crippen molar-refractivity contribution in [2.24, 2.45) is 0 Å². The number of benzene rings is 1. The summed E-state index contributed by atoms with van der Waals surface area (Å²) in [4.78, 5) is 2.55. The van der Waals surface area contributed by atoms with Crippen molar-refractivity contribution in [1.82, 2.24) is 9.47 Å². The van der Waals surface area contributed by atoms with Gasteiger partial charge in [0.2, 0.25) is 0 Å². The van der Waals surface area contributed by atoms with Gasteiger partial charge in [0.05, 0.1) is 0 Å². The smallest absolute Gasteiger partial charge is 0.0406 e. The minimum Gasteiger partial charge on any atom is -0.354 e. The molecule has 4 heteroatoms. The molecule has 1 aromatic carbocycles. The van der Waals surface area contributed by atoms with Gasteiger partial charge in [-0.3, -0.25) is 4.90 Å². The van der Waals surface area contributed by atoms with E-state index in [0.717, 1.165) is 31.1 Å². The van der Waals surface area contributed by atoms with Crippen molar-refractivity contribution in [1.29, 1.82) is 0 Å². The maximum atomic E-state index is 5.95. The topological polar surface area (TPSA) is 8.17 Å². The minimum atomic E-state index is 0. The van der Waals surface area contributed by atoms with E-state index in [0.29, 0.717) is 0 Å². The van der Waals surface area contributed by atoms with E-state index in [1.165, 1.54) is 30.5 Å². The predicted molar refractivity (Wildman–Crippen MR) is 101 cm³/mol. The van der Waals surface area contributed by atoms with E-state index in [4.69, 9.17) is 11.6 Å². The summed E-state index contributed by atoms with van der Waals surface area (Å²) in [6.07, 6.45) is 10.3. The van der Waals surface area contributed by atoms with E-state index in [2.05, 4.69) is 52.2 Å². The summed E-state index contributed by atoms with van der Waals surface area (Å²) in [6.45, 7) is 4.57. The molecular formula is C19H24Cl2N2. The highest BCUT2D eigenvalue weighted by Gasteiger charge is 2.12. The van der Waals surface area contributed by atoms with Crippen LogP contribution in [0, 0.1) is 0 Å². The summed E-state index contributed by atoms with van der Waals surface area (Å²) in [7, 11) is 0. The van der Waals surface area contributed by atoms with Gasteiger partial charge < -0.3 is 4.57 Å². The Morgan fingerprint density at radius 2 is 1.65 bits per heavy atom. The van der Waals surface area contributed by atoms with E-state index >= 15 is 0 Å². The van der Waals surface area contributed by atoms with Crippen LogP contribution in [0.15, 0.2) is 54.9 Å². The summed E-state index contributed by atoms with van der Waals surface area (Å²) in [5.41, 5.74) is 2.77. The zero-order valence-electron chi connectivity index (χ0n) is 13.3. The number of hydrogen-bond donors (Lipinski definition) is 0. The monoisotopic (exact) mass is 350 g/mol. The lowest BCUT2D eigenvalue weighted by atomic mass is 9.99. The van der Waals surface area contributed by atoms with Gasteiger partial charge in [0.15, 0.2) is 0 Å². The van der Waals surface area contributed by atoms with Gasteiger partial charge in [0, 0.05) is 37.1 Å². The number of nitrogens with zero attached hydrogens (tertiary/aromatic N) is 2. The van der Waals surface area contributed by atoms with Crippen LogP contribution < -0.4 is 0 Å². The molecular weight excluding hydrogens is 327 g/mol. The molecule has 124 valence electrons. The minimum absolute atomic E-state index is 0. The summed E-state index contributed by atoms with van der Waals surface area (Å²) in [5, 5.41) is 0.810. The molecule has 1 aliphatic heterocycles. The van der Waals surface area contributed by atoms with Crippen LogP contribution in [0.4, 0.5) is 0 Å². The second kappa shape index (κ2) is 9.17. The normalized spacial score (nSPS) is 15.1. The predicted octanol–water partition coefficient (Wildman–Crippen LogP) is 5.13. The van der Waals surface area contributed by atoms with Crippen molar-refractivity contribution in [2.75, 3.05) is 19.6 Å². The molecule has 0 saturated heterocycles. The van der Waals surface area contributed by atoms with Gasteiger partial charge in [0.1, 0.15) is 0 Å². The number of rotatable bonds is 6. The highest BCUT2D eigenvalue weighted by Crippen LogP contribution is 2.23. The fraction of sp³-hybridized carbons (Fsp3) is 0.368. The SMILES string of the molecule is Cl.Clc1ccc(C2=CCN(CCCCn3cccc3)CC2)cc1. The van der Waals surface area contributed by atoms with E-state index in [1.807, 2.05) is 12.1 Å². The van der Waals surface area contributed by atoms with Gasteiger partial charge in [-0.05, 0) is 61.2 Å². The van der Waals surface area contributed by atoms with Gasteiger partial charge in [0.25, 0.3) is 0 Å². The van der Waals surface area contributed by atoms with Crippen LogP contribution in [0.2, 0.25) is 5.02 Å². The van der Waals surface area contributed by atoms with Crippen LogP contribution in [0.5, 0.6) is 0 Å². The van der Waals surface area contributed by atoms with E-state index in [-0.39, 0.29) is 12.4 Å². The molecule has 0 saturated carbocycles. The standard InChI is InChI=1S/C19H23ClN2.ClH/c20-19-7-5-17(6-8-19)18-9-15-22(16-10-18)14-4-3-13-21-11-1-2-12-21;/h1-2,5-9,11-12H,3-4,10,13-16H2;1H. The van der Waals surface area contributed by atoms with Crippen LogP contribution in [-0.2, 0) is 6.54 Å². The second-order valence-electron chi connectivity index (χ2n) is 5.91. The first-order chi connectivity index (χ1) is 10.8. The van der Waals surface area contributed by atoms with Crippen molar-refractivity contribution in [3.63, 3.8) is 0 Å². The molecule has 2 heterocycles. The first-order valence-corrected chi connectivity index (χ1v) is 8.47. The number of aromatic nitrogens is 1. The van der Waals surface area contributed by atoms with Crippen LogP contribution >= 0.6 is 24.0 Å². The zero-order valence-corrected chi connectivity index (χ0v) is 14.9. The zero-order chi connectivity index (χ0) is 15.2. The Bertz CT molecular complexity index is 603. The highest BCUT2D eigenvalue weighted by molar-refractivity contribution is 6.30. The average Bonchev–Trinajstić information content (AvgIpc) is 3.06. The lowest BCUT2D eigenvalue weighted by Crippen LogP contribution is -2.29. The van der Waals surface area contributed by atoms with Crippen LogP contribution in [0.25, 0.3) is 5.57 Å². The highest BCUT2D eigenvalue weighted by atomic mass is 35.5. The molecule has 0 fully saturated rings. The first kappa shape index (κ1) is 18.1. The fourth-order valence-corrected chi connectivity index (χ4v) is 3.12. The lowest BCUT2D eigenvalue weighted by Gasteiger charge is -2.26. The maximum absolute atomic E-state index is 5.95. The summed E-state index contributed by atoms with van der Waals surface area (Å²) >= 11 is 5.95. The van der Waals surface area contributed by atoms with Crippen LogP contribution in [0.1, 0.15) is 24.8 Å². The fourth-order valence-electron chi connectivity index (χ4n) is 2.99. The molecule has 2 aromatic rings. The van der Waals surface area contributed by atoms with Gasteiger partial charge in [-0.15, -0.1) is 12.4 Å². The van der Waals surface area contributed by atoms with Crippen molar-refractivity contribution in [3.05, 3.63) is 65.5 Å². The first-order valence-electron chi connectivity index (χ1n) is 8.09. The third-order valence-corrected chi connectivity index (χ3v) is 4.57. The molecule has 3 rings (SSSR count). The molecule has 0 N–H and O–H groups in total. The summed E-state index contributed by atoms with van der Waals surface area (Å²) < 4.78 is 2.26. The molecule has 2 nitrogen and oxygen atoms in total. The number of halogens is 2. The van der Waals surface area contributed by atoms with Crippen molar-refractivity contribution in [3.8, 4) is 0 Å². The van der Waals surface area contributed by atoms with E-state index < -0.39 is 0 Å². The Morgan fingerprint density at radius 1 is 0.957 bits per heavy atom. The Morgan fingerprint density at radius 3 is 2.30 bits per heavy atom. The Kier molecular flexibility index (Phi) is 7.22. The number of hydrogen-bond acceptors (Lipinski definition) is 1. The average molecular weight is 351 g/mol. The second-order valence-corrected chi connectivity index (χ2v) is 6.35. The Hall–Kier alpha value is -1.22. The molecule has 0 bridgehead atoms. The lowest BCUT2D eigenvalue weighted by molar-refractivity contribution is 0.292. The molecule has 0 radical (unpaired) electrons. The third-order valence-electron chi connectivity index (χ3n) is 4.32. The maximum Gasteiger partial charge on any atom is 0.0406 e. The largest absolute Gasteiger partial charge is 0.354 e. The molecule has 0 amide bonds. The molecule has 0 spiro atoms. The van der Waals surface area contributed by atoms with Crippen molar-refractivity contribution >= 4 is 29.6 Å². The van der Waals surface area contributed by atoms with Crippen LogP contribution in [-0.4, -0.2) is 29.1 Å². The van der Waals surface area contributed by atoms with Crippen molar-refractivity contribution < 1.29 is 0 Å². The van der Waals surface area contributed by atoms with Gasteiger partial charge in [-0.25, -0.2) is 0 Å². The van der Waals surface area contributed by atoms with Gasteiger partial charge in [-0.1, -0.05) is 29.8 Å². The van der Waals surface area contributed by atoms with E-state index in [1.54, 1.807) is 0 Å². The molecule has 1 aromatic heterocycles. The number of aryl methyl sites for hydroxylation is 1. The number of unbranched alkanes of at least 4 members (excludes halogenated alkanes) is 1. The Balaban J connectivity index is 0.00000192. The molecule has 23 heavy (non-hydrogen) atoms. The summed E-state index contributed by atoms with van der Waals surface area (Å²) in [6, 6.07) is 12.4. The Labute approximate surface area is 150 Å². The quantitative estimate of drug-likeness (QED) is 0.655. The van der Waals surface area contributed by atoms with Crippen LogP contribution in [0.3, 0.4) is 0 Å². The molecule has 0 unspecified atom stereocenters.